The van der Waals surface area contributed by atoms with Gasteiger partial charge in [-0.05, 0) is 57.6 Å². The summed E-state index contributed by atoms with van der Waals surface area (Å²) in [6.07, 6.45) is 2.57. The van der Waals surface area contributed by atoms with E-state index in [4.69, 9.17) is 0 Å². The van der Waals surface area contributed by atoms with Gasteiger partial charge in [-0.3, -0.25) is 0 Å². The molecule has 0 spiro atoms. The Labute approximate surface area is 127 Å². The molecule has 0 saturated carbocycles. The SMILES string of the molecule is CCNC(Cc1cc(F)cc(F)c1)C(CC)(CC)N(C)C. The van der Waals surface area contributed by atoms with Crippen LogP contribution in [0.5, 0.6) is 0 Å². The van der Waals surface area contributed by atoms with Gasteiger partial charge < -0.3 is 10.2 Å². The average molecular weight is 298 g/mol. The Balaban J connectivity index is 3.10. The van der Waals surface area contributed by atoms with Crippen molar-refractivity contribution in [2.75, 3.05) is 20.6 Å². The minimum Gasteiger partial charge on any atom is -0.312 e. The molecule has 21 heavy (non-hydrogen) atoms. The van der Waals surface area contributed by atoms with Crippen LogP contribution in [0.15, 0.2) is 18.2 Å². The Morgan fingerprint density at radius 2 is 1.57 bits per heavy atom. The largest absolute Gasteiger partial charge is 0.312 e. The number of rotatable bonds is 8. The van der Waals surface area contributed by atoms with Gasteiger partial charge in [-0.2, -0.15) is 0 Å². The first-order valence-electron chi connectivity index (χ1n) is 7.75. The Bertz CT molecular complexity index is 422. The predicted octanol–water partition coefficient (Wildman–Crippen LogP) is 3.61. The molecule has 1 aromatic carbocycles. The molecule has 2 nitrogen and oxygen atoms in total. The van der Waals surface area contributed by atoms with Crippen molar-refractivity contribution >= 4 is 0 Å². The van der Waals surface area contributed by atoms with E-state index in [1.54, 1.807) is 0 Å². The summed E-state index contributed by atoms with van der Waals surface area (Å²) in [5.41, 5.74) is 0.672. The average Bonchev–Trinajstić information content (AvgIpc) is 2.39. The minimum absolute atomic E-state index is 0.0290. The van der Waals surface area contributed by atoms with Crippen LogP contribution >= 0.6 is 0 Å². The minimum atomic E-state index is -0.510. The molecule has 120 valence electrons. The summed E-state index contributed by atoms with van der Waals surface area (Å²) in [5.74, 6) is -1.02. The summed E-state index contributed by atoms with van der Waals surface area (Å²) in [6.45, 7) is 7.23. The quantitative estimate of drug-likeness (QED) is 0.789. The van der Waals surface area contributed by atoms with Gasteiger partial charge in [0.15, 0.2) is 0 Å². The van der Waals surface area contributed by atoms with Crippen LogP contribution in [0.25, 0.3) is 0 Å². The highest BCUT2D eigenvalue weighted by Gasteiger charge is 2.37. The molecule has 0 fully saturated rings. The third-order valence-corrected chi connectivity index (χ3v) is 4.58. The second-order valence-corrected chi connectivity index (χ2v) is 5.80. The van der Waals surface area contributed by atoms with Gasteiger partial charge >= 0.3 is 0 Å². The number of hydrogen-bond donors (Lipinski definition) is 1. The van der Waals surface area contributed by atoms with E-state index in [-0.39, 0.29) is 11.6 Å². The summed E-state index contributed by atoms with van der Waals surface area (Å²) >= 11 is 0. The summed E-state index contributed by atoms with van der Waals surface area (Å²) in [7, 11) is 4.15. The highest BCUT2D eigenvalue weighted by molar-refractivity contribution is 5.20. The number of hydrogen-bond acceptors (Lipinski definition) is 2. The number of nitrogens with zero attached hydrogens (tertiary/aromatic N) is 1. The molecule has 0 aliphatic heterocycles. The molecule has 4 heteroatoms. The van der Waals surface area contributed by atoms with Crippen LogP contribution in [0.2, 0.25) is 0 Å². The maximum atomic E-state index is 13.4. The van der Waals surface area contributed by atoms with E-state index in [1.165, 1.54) is 12.1 Å². The fourth-order valence-corrected chi connectivity index (χ4v) is 3.35. The third kappa shape index (κ3) is 4.24. The van der Waals surface area contributed by atoms with Crippen LogP contribution in [-0.2, 0) is 6.42 Å². The van der Waals surface area contributed by atoms with Gasteiger partial charge in [0, 0.05) is 17.6 Å². The van der Waals surface area contributed by atoms with E-state index in [2.05, 4.69) is 45.1 Å². The summed E-state index contributed by atoms with van der Waals surface area (Å²) in [5, 5.41) is 3.51. The van der Waals surface area contributed by atoms with Crippen molar-refractivity contribution in [3.63, 3.8) is 0 Å². The molecular weight excluding hydrogens is 270 g/mol. The van der Waals surface area contributed by atoms with Gasteiger partial charge in [0.2, 0.25) is 0 Å². The zero-order valence-electron chi connectivity index (χ0n) is 13.8. The van der Waals surface area contributed by atoms with Crippen LogP contribution in [0.1, 0.15) is 39.2 Å². The van der Waals surface area contributed by atoms with Gasteiger partial charge in [-0.25, -0.2) is 8.78 Å². The monoisotopic (exact) mass is 298 g/mol. The van der Waals surface area contributed by atoms with Crippen molar-refractivity contribution in [1.82, 2.24) is 10.2 Å². The highest BCUT2D eigenvalue weighted by atomic mass is 19.1. The van der Waals surface area contributed by atoms with E-state index < -0.39 is 11.6 Å². The summed E-state index contributed by atoms with van der Waals surface area (Å²) < 4.78 is 26.8. The lowest BCUT2D eigenvalue weighted by Crippen LogP contribution is -2.59. The van der Waals surface area contributed by atoms with Crippen LogP contribution in [0, 0.1) is 11.6 Å². The molecule has 0 heterocycles. The van der Waals surface area contributed by atoms with E-state index in [1.807, 2.05) is 0 Å². The molecular formula is C17H28F2N2. The Morgan fingerprint density at radius 3 is 1.95 bits per heavy atom. The maximum Gasteiger partial charge on any atom is 0.126 e. The van der Waals surface area contributed by atoms with Crippen molar-refractivity contribution in [3.8, 4) is 0 Å². The first-order chi connectivity index (χ1) is 9.89. The number of nitrogens with one attached hydrogen (secondary N) is 1. The zero-order valence-corrected chi connectivity index (χ0v) is 13.8. The summed E-state index contributed by atoms with van der Waals surface area (Å²) in [4.78, 5) is 2.23. The Hall–Kier alpha value is -1.00. The molecule has 0 bridgehead atoms. The third-order valence-electron chi connectivity index (χ3n) is 4.58. The highest BCUT2D eigenvalue weighted by Crippen LogP contribution is 2.28. The van der Waals surface area contributed by atoms with E-state index in [0.29, 0.717) is 12.0 Å². The molecule has 0 saturated heterocycles. The molecule has 0 radical (unpaired) electrons. The van der Waals surface area contributed by atoms with E-state index in [9.17, 15) is 8.78 Å². The Kier molecular flexibility index (Phi) is 6.75. The number of likely N-dealkylation sites (N-methyl/N-ethyl adjacent to an activating group) is 2. The first kappa shape index (κ1) is 18.1. The Morgan fingerprint density at radius 1 is 1.05 bits per heavy atom. The van der Waals surface area contributed by atoms with Crippen LogP contribution in [-0.4, -0.2) is 37.1 Å². The standard InChI is InChI=1S/C17H28F2N2/c1-6-17(7-2,21(4)5)16(20-8-3)11-13-9-14(18)12-15(19)10-13/h9-10,12,16,20H,6-8,11H2,1-5H3. The van der Waals surface area contributed by atoms with Crippen molar-refractivity contribution in [2.24, 2.45) is 0 Å². The van der Waals surface area contributed by atoms with Crippen molar-refractivity contribution < 1.29 is 8.78 Å². The lowest BCUT2D eigenvalue weighted by atomic mass is 9.80. The molecule has 0 amide bonds. The molecule has 1 aromatic rings. The normalized spacial score (nSPS) is 13.7. The van der Waals surface area contributed by atoms with Gasteiger partial charge in [-0.1, -0.05) is 20.8 Å². The second-order valence-electron chi connectivity index (χ2n) is 5.80. The molecule has 1 atom stereocenters. The van der Waals surface area contributed by atoms with Crippen molar-refractivity contribution in [1.29, 1.82) is 0 Å². The van der Waals surface area contributed by atoms with Crippen molar-refractivity contribution in [3.05, 3.63) is 35.4 Å². The lowest BCUT2D eigenvalue weighted by molar-refractivity contribution is 0.0888. The maximum absolute atomic E-state index is 13.4. The fourth-order valence-electron chi connectivity index (χ4n) is 3.35. The summed E-state index contributed by atoms with van der Waals surface area (Å²) in [6, 6.07) is 3.93. The first-order valence-corrected chi connectivity index (χ1v) is 7.75. The van der Waals surface area contributed by atoms with E-state index >= 15 is 0 Å². The van der Waals surface area contributed by atoms with Crippen molar-refractivity contribution in [2.45, 2.75) is 51.6 Å². The molecule has 0 aliphatic carbocycles. The van der Waals surface area contributed by atoms with Gasteiger partial charge in [0.25, 0.3) is 0 Å². The zero-order chi connectivity index (χ0) is 16.0. The van der Waals surface area contributed by atoms with Gasteiger partial charge in [0.05, 0.1) is 0 Å². The van der Waals surface area contributed by atoms with Crippen LogP contribution in [0.3, 0.4) is 0 Å². The van der Waals surface area contributed by atoms with Gasteiger partial charge in [0.1, 0.15) is 11.6 Å². The topological polar surface area (TPSA) is 15.3 Å². The molecule has 1 rings (SSSR count). The van der Waals surface area contributed by atoms with E-state index in [0.717, 1.165) is 25.5 Å². The number of benzene rings is 1. The van der Waals surface area contributed by atoms with Crippen LogP contribution in [0.4, 0.5) is 8.78 Å². The molecule has 0 aromatic heterocycles. The second kappa shape index (κ2) is 7.85. The lowest BCUT2D eigenvalue weighted by Gasteiger charge is -2.45. The van der Waals surface area contributed by atoms with Gasteiger partial charge in [-0.15, -0.1) is 0 Å². The molecule has 1 unspecified atom stereocenters. The fraction of sp³-hybridized carbons (Fsp3) is 0.647. The predicted molar refractivity (Wildman–Crippen MR) is 84.5 cm³/mol. The molecule has 0 aliphatic rings. The van der Waals surface area contributed by atoms with Crippen LogP contribution < -0.4 is 5.32 Å². The molecule has 1 N–H and O–H groups in total. The smallest absolute Gasteiger partial charge is 0.126 e. The number of halogens is 2.